The molecule has 1 aliphatic heterocycles. The molecule has 158 valence electrons. The van der Waals surface area contributed by atoms with Crippen molar-refractivity contribution in [2.24, 2.45) is 5.14 Å². The molecule has 0 radical (unpaired) electrons. The summed E-state index contributed by atoms with van der Waals surface area (Å²) in [5.41, 5.74) is 0.548. The number of nitrogens with one attached hydrogen (secondary N) is 1. The van der Waals surface area contributed by atoms with Gasteiger partial charge in [-0.1, -0.05) is 12.0 Å². The standard InChI is InChI=1S/C19H20N4O5S2/c1-2-10-28-19(25)23-8-6-13(7-9-23)18-22-16(12-29-18)17(24)21-14-4-3-5-15(11-14)30(20,26)27/h1,3-5,11-13H,6-10H2,(H,21,24)(H2,20,26,27). The summed E-state index contributed by atoms with van der Waals surface area (Å²) in [4.78, 5) is 30.3. The molecule has 0 atom stereocenters. The molecule has 3 N–H and O–H groups in total. The predicted molar refractivity (Wildman–Crippen MR) is 112 cm³/mol. The number of thiazole rings is 1. The van der Waals surface area contributed by atoms with Crippen LogP contribution in [0.2, 0.25) is 0 Å². The SMILES string of the molecule is C#CCOC(=O)N1CCC(c2nc(C(=O)Nc3cccc(S(N)(=O)=O)c3)cs2)CC1. The first-order valence-electron chi connectivity index (χ1n) is 9.02. The summed E-state index contributed by atoms with van der Waals surface area (Å²) in [5, 5.41) is 10.2. The maximum atomic E-state index is 12.5. The maximum absolute atomic E-state index is 12.5. The van der Waals surface area contributed by atoms with E-state index in [4.69, 9.17) is 16.3 Å². The van der Waals surface area contributed by atoms with Crippen molar-refractivity contribution in [3.63, 3.8) is 0 Å². The monoisotopic (exact) mass is 448 g/mol. The molecule has 1 aromatic heterocycles. The number of hydrogen-bond donors (Lipinski definition) is 2. The minimum absolute atomic E-state index is 0.0518. The van der Waals surface area contributed by atoms with Crippen molar-refractivity contribution in [2.75, 3.05) is 25.0 Å². The van der Waals surface area contributed by atoms with Gasteiger partial charge in [-0.3, -0.25) is 4.79 Å². The van der Waals surface area contributed by atoms with Gasteiger partial charge in [-0.15, -0.1) is 17.8 Å². The first kappa shape index (κ1) is 21.8. The number of carbonyl (C=O) groups is 2. The van der Waals surface area contributed by atoms with Crippen LogP contribution in [0.25, 0.3) is 0 Å². The van der Waals surface area contributed by atoms with Crippen LogP contribution in [-0.4, -0.2) is 50.0 Å². The lowest BCUT2D eigenvalue weighted by Gasteiger charge is -2.30. The highest BCUT2D eigenvalue weighted by Gasteiger charge is 2.27. The first-order valence-corrected chi connectivity index (χ1v) is 11.5. The zero-order valence-electron chi connectivity index (χ0n) is 15.9. The van der Waals surface area contributed by atoms with Gasteiger partial charge < -0.3 is 15.0 Å². The minimum Gasteiger partial charge on any atom is -0.436 e. The van der Waals surface area contributed by atoms with Crippen molar-refractivity contribution in [3.05, 3.63) is 40.3 Å². The van der Waals surface area contributed by atoms with Crippen LogP contribution in [0.3, 0.4) is 0 Å². The average Bonchev–Trinajstić information content (AvgIpc) is 3.22. The van der Waals surface area contributed by atoms with E-state index in [1.54, 1.807) is 16.3 Å². The fraction of sp³-hybridized carbons (Fsp3) is 0.316. The van der Waals surface area contributed by atoms with Gasteiger partial charge in [0.15, 0.2) is 6.61 Å². The van der Waals surface area contributed by atoms with Crippen LogP contribution < -0.4 is 10.5 Å². The molecular weight excluding hydrogens is 428 g/mol. The van der Waals surface area contributed by atoms with Crippen LogP contribution >= 0.6 is 11.3 Å². The molecule has 1 aliphatic rings. The van der Waals surface area contributed by atoms with E-state index in [0.717, 1.165) is 5.01 Å². The highest BCUT2D eigenvalue weighted by molar-refractivity contribution is 7.89. The molecule has 2 heterocycles. The number of rotatable bonds is 5. The third-order valence-corrected chi connectivity index (χ3v) is 6.47. The number of aromatic nitrogens is 1. The van der Waals surface area contributed by atoms with Gasteiger partial charge in [-0.05, 0) is 31.0 Å². The fourth-order valence-corrected chi connectivity index (χ4v) is 4.56. The summed E-state index contributed by atoms with van der Waals surface area (Å²) in [5.74, 6) is 1.95. The Labute approximate surface area is 178 Å². The Morgan fingerprint density at radius 2 is 2.10 bits per heavy atom. The maximum Gasteiger partial charge on any atom is 0.410 e. The third-order valence-electron chi connectivity index (χ3n) is 4.56. The lowest BCUT2D eigenvalue weighted by atomic mass is 9.98. The van der Waals surface area contributed by atoms with Crippen molar-refractivity contribution in [1.29, 1.82) is 0 Å². The van der Waals surface area contributed by atoms with Crippen molar-refractivity contribution in [1.82, 2.24) is 9.88 Å². The Morgan fingerprint density at radius 1 is 1.37 bits per heavy atom. The van der Waals surface area contributed by atoms with Gasteiger partial charge in [0, 0.05) is 30.1 Å². The summed E-state index contributed by atoms with van der Waals surface area (Å²) < 4.78 is 27.8. The molecule has 30 heavy (non-hydrogen) atoms. The van der Waals surface area contributed by atoms with E-state index in [-0.39, 0.29) is 23.1 Å². The second-order valence-corrected chi connectivity index (χ2v) is 9.07. The molecule has 0 saturated carbocycles. The van der Waals surface area contributed by atoms with E-state index in [2.05, 4.69) is 16.2 Å². The Hall–Kier alpha value is -2.94. The normalized spacial score (nSPS) is 14.7. The number of hydrogen-bond acceptors (Lipinski definition) is 7. The number of benzene rings is 1. The topological polar surface area (TPSA) is 132 Å². The largest absolute Gasteiger partial charge is 0.436 e. The second kappa shape index (κ2) is 9.25. The van der Waals surface area contributed by atoms with Gasteiger partial charge in [0.2, 0.25) is 10.0 Å². The molecule has 0 unspecified atom stereocenters. The van der Waals surface area contributed by atoms with Crippen molar-refractivity contribution < 1.29 is 22.7 Å². The van der Waals surface area contributed by atoms with Crippen molar-refractivity contribution in [3.8, 4) is 12.3 Å². The third kappa shape index (κ3) is 5.35. The Balaban J connectivity index is 1.60. The summed E-state index contributed by atoms with van der Waals surface area (Å²) >= 11 is 1.38. The number of nitrogens with two attached hydrogens (primary N) is 1. The molecule has 2 aromatic rings. The van der Waals surface area contributed by atoms with Crippen LogP contribution in [0.4, 0.5) is 10.5 Å². The number of amides is 2. The van der Waals surface area contributed by atoms with Crippen LogP contribution in [0.15, 0.2) is 34.5 Å². The van der Waals surface area contributed by atoms with E-state index in [1.807, 2.05) is 0 Å². The number of ether oxygens (including phenoxy) is 1. The minimum atomic E-state index is -3.86. The number of terminal acetylenes is 1. The van der Waals surface area contributed by atoms with Crippen LogP contribution in [0, 0.1) is 12.3 Å². The van der Waals surface area contributed by atoms with E-state index in [0.29, 0.717) is 31.6 Å². The average molecular weight is 449 g/mol. The highest BCUT2D eigenvalue weighted by Crippen LogP contribution is 2.30. The highest BCUT2D eigenvalue weighted by atomic mass is 32.2. The van der Waals surface area contributed by atoms with Gasteiger partial charge >= 0.3 is 6.09 Å². The number of primary sulfonamides is 1. The molecule has 1 fully saturated rings. The Bertz CT molecular complexity index is 1080. The van der Waals surface area contributed by atoms with E-state index < -0.39 is 22.0 Å². The fourth-order valence-electron chi connectivity index (χ4n) is 3.03. The van der Waals surface area contributed by atoms with Gasteiger partial charge in [-0.2, -0.15) is 0 Å². The number of piperidine rings is 1. The zero-order valence-corrected chi connectivity index (χ0v) is 17.5. The van der Waals surface area contributed by atoms with Crippen LogP contribution in [-0.2, 0) is 14.8 Å². The molecule has 0 bridgehead atoms. The summed E-state index contributed by atoms with van der Waals surface area (Å²) in [6.07, 6.45) is 6.07. The number of nitrogens with zero attached hydrogens (tertiary/aromatic N) is 2. The van der Waals surface area contributed by atoms with E-state index in [9.17, 15) is 18.0 Å². The lowest BCUT2D eigenvalue weighted by Crippen LogP contribution is -2.38. The molecule has 11 heteroatoms. The number of anilines is 1. The Morgan fingerprint density at radius 3 is 2.77 bits per heavy atom. The molecule has 9 nitrogen and oxygen atoms in total. The van der Waals surface area contributed by atoms with Gasteiger partial charge in [-0.25, -0.2) is 23.3 Å². The second-order valence-electron chi connectivity index (χ2n) is 6.62. The van der Waals surface area contributed by atoms with E-state index in [1.165, 1.54) is 29.5 Å². The van der Waals surface area contributed by atoms with Crippen molar-refractivity contribution in [2.45, 2.75) is 23.7 Å². The Kier molecular flexibility index (Phi) is 6.71. The van der Waals surface area contributed by atoms with Crippen LogP contribution in [0.5, 0.6) is 0 Å². The molecule has 1 aromatic carbocycles. The molecule has 2 amide bonds. The molecule has 0 aliphatic carbocycles. The van der Waals surface area contributed by atoms with Crippen molar-refractivity contribution >= 4 is 39.0 Å². The number of likely N-dealkylation sites (tertiary alicyclic amines) is 1. The van der Waals surface area contributed by atoms with E-state index >= 15 is 0 Å². The quantitative estimate of drug-likeness (QED) is 0.673. The molecule has 3 rings (SSSR count). The lowest BCUT2D eigenvalue weighted by molar-refractivity contribution is 0.102. The summed E-state index contributed by atoms with van der Waals surface area (Å²) in [6.45, 7) is 0.995. The predicted octanol–water partition coefficient (Wildman–Crippen LogP) is 1.99. The summed E-state index contributed by atoms with van der Waals surface area (Å²) in [6, 6.07) is 5.69. The summed E-state index contributed by atoms with van der Waals surface area (Å²) in [7, 11) is -3.86. The van der Waals surface area contributed by atoms with Gasteiger partial charge in [0.25, 0.3) is 5.91 Å². The van der Waals surface area contributed by atoms with Crippen LogP contribution in [0.1, 0.15) is 34.3 Å². The van der Waals surface area contributed by atoms with Gasteiger partial charge in [0.1, 0.15) is 5.69 Å². The zero-order chi connectivity index (χ0) is 21.7. The molecule has 0 spiro atoms. The number of sulfonamides is 1. The first-order chi connectivity index (χ1) is 14.3. The smallest absolute Gasteiger partial charge is 0.410 e. The number of carbonyl (C=O) groups excluding carboxylic acids is 2. The molecule has 1 saturated heterocycles. The van der Waals surface area contributed by atoms with Gasteiger partial charge in [0.05, 0.1) is 9.90 Å². The molecular formula is C19H20N4O5S2.